The third kappa shape index (κ3) is 2.50. The molecule has 2 rings (SSSR count). The average molecular weight is 271 g/mol. The van der Waals surface area contributed by atoms with Crippen LogP contribution in [-0.2, 0) is 14.9 Å². The summed E-state index contributed by atoms with van der Waals surface area (Å²) < 4.78 is 34.5. The molecule has 0 bridgehead atoms. The Hall–Kier alpha value is -1.50. The molecule has 2 aliphatic rings. The Balaban J connectivity index is 2.34. The lowest BCUT2D eigenvalue weighted by molar-refractivity contribution is 0.134. The van der Waals surface area contributed by atoms with Crippen LogP contribution < -0.4 is 10.5 Å². The van der Waals surface area contributed by atoms with E-state index in [1.807, 2.05) is 19.9 Å². The molecule has 1 aliphatic carbocycles. The molecule has 0 spiro atoms. The Morgan fingerprint density at radius 2 is 2.33 bits per heavy atom. The first-order valence-corrected chi connectivity index (χ1v) is 7.36. The molecule has 3 N–H and O–H groups in total. The summed E-state index contributed by atoms with van der Waals surface area (Å²) in [4.78, 5) is 0. The average Bonchev–Trinajstić information content (AvgIpc) is 2.26. The SMILES string of the molecule is CCC(C)OC1=CCCC2=C1C(N)=NS(=O)(=O)N2. The molecule has 0 radical (unpaired) electrons. The van der Waals surface area contributed by atoms with Crippen molar-refractivity contribution in [3.05, 3.63) is 23.1 Å². The number of nitrogens with zero attached hydrogens (tertiary/aromatic N) is 1. The quantitative estimate of drug-likeness (QED) is 0.798. The third-order valence-electron chi connectivity index (χ3n) is 2.90. The third-order valence-corrected chi connectivity index (χ3v) is 3.84. The highest BCUT2D eigenvalue weighted by molar-refractivity contribution is 7.88. The summed E-state index contributed by atoms with van der Waals surface area (Å²) in [5.41, 5.74) is 6.88. The molecule has 6 nitrogen and oxygen atoms in total. The summed E-state index contributed by atoms with van der Waals surface area (Å²) in [6, 6.07) is 0. The van der Waals surface area contributed by atoms with E-state index in [1.54, 1.807) is 0 Å². The maximum atomic E-state index is 11.4. The molecule has 7 heteroatoms. The summed E-state index contributed by atoms with van der Waals surface area (Å²) in [5, 5.41) is 0. The standard InChI is InChI=1S/C11H17N3O3S/c1-3-7(2)17-9-6-4-5-8-10(9)11(12)14-18(15,16)13-8/h6-7,13H,3-5H2,1-2H3,(H2,12,14). The fourth-order valence-corrected chi connectivity index (χ4v) is 2.78. The van der Waals surface area contributed by atoms with E-state index >= 15 is 0 Å². The van der Waals surface area contributed by atoms with Gasteiger partial charge in [-0.05, 0) is 32.3 Å². The number of nitrogens with two attached hydrogens (primary N) is 1. The highest BCUT2D eigenvalue weighted by Crippen LogP contribution is 2.29. The first-order valence-electron chi connectivity index (χ1n) is 5.92. The summed E-state index contributed by atoms with van der Waals surface area (Å²) in [5.74, 6) is 0.618. The van der Waals surface area contributed by atoms with Crippen molar-refractivity contribution >= 4 is 16.0 Å². The second kappa shape index (κ2) is 4.64. The molecule has 0 saturated carbocycles. The van der Waals surface area contributed by atoms with Gasteiger partial charge in [0.05, 0.1) is 11.7 Å². The zero-order chi connectivity index (χ0) is 13.3. The summed E-state index contributed by atoms with van der Waals surface area (Å²) in [6.45, 7) is 3.97. The number of rotatable bonds is 3. The molecule has 0 aromatic heterocycles. The van der Waals surface area contributed by atoms with Gasteiger partial charge in [-0.15, -0.1) is 4.40 Å². The van der Waals surface area contributed by atoms with Gasteiger partial charge in [0.2, 0.25) is 0 Å². The van der Waals surface area contributed by atoms with Crippen LogP contribution in [0.5, 0.6) is 0 Å². The number of hydrogen-bond donors (Lipinski definition) is 2. The lowest BCUT2D eigenvalue weighted by Crippen LogP contribution is -2.36. The van der Waals surface area contributed by atoms with Gasteiger partial charge >= 0.3 is 10.2 Å². The maximum absolute atomic E-state index is 11.4. The van der Waals surface area contributed by atoms with Crippen molar-refractivity contribution in [3.8, 4) is 0 Å². The second-order valence-corrected chi connectivity index (χ2v) is 5.69. The minimum Gasteiger partial charge on any atom is -0.490 e. The van der Waals surface area contributed by atoms with Crippen molar-refractivity contribution in [1.29, 1.82) is 0 Å². The van der Waals surface area contributed by atoms with Gasteiger partial charge in [0, 0.05) is 5.70 Å². The Morgan fingerprint density at radius 1 is 1.61 bits per heavy atom. The molecule has 1 unspecified atom stereocenters. The molecule has 1 heterocycles. The fourth-order valence-electron chi connectivity index (χ4n) is 1.87. The normalized spacial score (nSPS) is 23.4. The Labute approximate surface area is 107 Å². The van der Waals surface area contributed by atoms with Gasteiger partial charge in [0.25, 0.3) is 0 Å². The minimum atomic E-state index is -3.69. The topological polar surface area (TPSA) is 93.8 Å². The molecule has 0 saturated heterocycles. The van der Waals surface area contributed by atoms with Gasteiger partial charge in [-0.25, -0.2) is 0 Å². The van der Waals surface area contributed by atoms with Crippen LogP contribution in [0, 0.1) is 0 Å². The van der Waals surface area contributed by atoms with Crippen LogP contribution in [0.1, 0.15) is 33.1 Å². The van der Waals surface area contributed by atoms with Gasteiger partial charge < -0.3 is 10.5 Å². The van der Waals surface area contributed by atoms with Gasteiger partial charge in [-0.1, -0.05) is 6.92 Å². The van der Waals surface area contributed by atoms with Crippen molar-refractivity contribution in [1.82, 2.24) is 4.72 Å². The summed E-state index contributed by atoms with van der Waals surface area (Å²) in [7, 11) is -3.69. The second-order valence-electron chi connectivity index (χ2n) is 4.35. The monoisotopic (exact) mass is 271 g/mol. The van der Waals surface area contributed by atoms with Gasteiger partial charge in [-0.2, -0.15) is 8.42 Å². The van der Waals surface area contributed by atoms with Crippen LogP contribution in [-0.4, -0.2) is 20.4 Å². The van der Waals surface area contributed by atoms with Gasteiger partial charge in [0.1, 0.15) is 5.76 Å². The molecular weight excluding hydrogens is 254 g/mol. The molecule has 1 aliphatic heterocycles. The van der Waals surface area contributed by atoms with Crippen LogP contribution in [0.2, 0.25) is 0 Å². The van der Waals surface area contributed by atoms with Gasteiger partial charge in [0.15, 0.2) is 5.84 Å². The van der Waals surface area contributed by atoms with E-state index in [2.05, 4.69) is 9.12 Å². The number of allylic oxidation sites excluding steroid dienone is 2. The molecule has 100 valence electrons. The van der Waals surface area contributed by atoms with E-state index in [9.17, 15) is 8.42 Å². The Morgan fingerprint density at radius 3 is 3.00 bits per heavy atom. The largest absolute Gasteiger partial charge is 0.490 e. The number of amidine groups is 1. The highest BCUT2D eigenvalue weighted by Gasteiger charge is 2.29. The smallest absolute Gasteiger partial charge is 0.344 e. The van der Waals surface area contributed by atoms with Crippen molar-refractivity contribution in [2.45, 2.75) is 39.2 Å². The lowest BCUT2D eigenvalue weighted by Gasteiger charge is -2.26. The minimum absolute atomic E-state index is 0.00185. The summed E-state index contributed by atoms with van der Waals surface area (Å²) in [6.07, 6.45) is 4.16. The zero-order valence-corrected chi connectivity index (χ0v) is 11.3. The van der Waals surface area contributed by atoms with Crippen LogP contribution in [0.3, 0.4) is 0 Å². The van der Waals surface area contributed by atoms with Crippen molar-refractivity contribution < 1.29 is 13.2 Å². The van der Waals surface area contributed by atoms with E-state index < -0.39 is 10.2 Å². The van der Waals surface area contributed by atoms with Gasteiger partial charge in [-0.3, -0.25) is 4.72 Å². The van der Waals surface area contributed by atoms with Crippen LogP contribution in [0.15, 0.2) is 27.5 Å². The molecular formula is C11H17N3O3S. The molecule has 1 atom stereocenters. The number of hydrogen-bond acceptors (Lipinski definition) is 4. The Kier molecular flexibility index (Phi) is 3.34. The molecule has 0 fully saturated rings. The van der Waals surface area contributed by atoms with E-state index in [-0.39, 0.29) is 11.9 Å². The van der Waals surface area contributed by atoms with E-state index in [0.717, 1.165) is 12.8 Å². The molecule has 0 amide bonds. The van der Waals surface area contributed by atoms with Crippen LogP contribution in [0.4, 0.5) is 0 Å². The zero-order valence-electron chi connectivity index (χ0n) is 10.4. The highest BCUT2D eigenvalue weighted by atomic mass is 32.2. The van der Waals surface area contributed by atoms with Crippen molar-refractivity contribution in [2.24, 2.45) is 10.1 Å². The molecule has 0 aromatic rings. The number of ether oxygens (including phenoxy) is 1. The van der Waals surface area contributed by atoms with Crippen molar-refractivity contribution in [2.75, 3.05) is 0 Å². The molecule has 0 aromatic carbocycles. The fraction of sp³-hybridized carbons (Fsp3) is 0.545. The first kappa shape index (κ1) is 12.9. The first-order chi connectivity index (χ1) is 8.43. The lowest BCUT2D eigenvalue weighted by atomic mass is 10.0. The number of nitrogens with one attached hydrogen (secondary N) is 1. The maximum Gasteiger partial charge on any atom is 0.344 e. The summed E-state index contributed by atoms with van der Waals surface area (Å²) >= 11 is 0. The Bertz CT molecular complexity index is 546. The van der Waals surface area contributed by atoms with E-state index in [0.29, 0.717) is 23.5 Å². The van der Waals surface area contributed by atoms with Crippen molar-refractivity contribution in [3.63, 3.8) is 0 Å². The predicted molar refractivity (Wildman–Crippen MR) is 68.9 cm³/mol. The van der Waals surface area contributed by atoms with E-state index in [1.165, 1.54) is 0 Å². The van der Waals surface area contributed by atoms with Crippen LogP contribution in [0.25, 0.3) is 0 Å². The molecule has 18 heavy (non-hydrogen) atoms. The predicted octanol–water partition coefficient (Wildman–Crippen LogP) is 0.938. The van der Waals surface area contributed by atoms with E-state index in [4.69, 9.17) is 10.5 Å². The van der Waals surface area contributed by atoms with Crippen LogP contribution >= 0.6 is 0 Å².